The van der Waals surface area contributed by atoms with Gasteiger partial charge < -0.3 is 29.2 Å². The average molecular weight is 943 g/mol. The Bertz CT molecular complexity index is 2630. The number of cyclic esters (lactones) is 1. The number of hydrazine groups is 1. The van der Waals surface area contributed by atoms with Crippen LogP contribution in [0.2, 0.25) is 0 Å². The Hall–Kier alpha value is -6.08. The molecular formula is C54H70N8O7. The highest BCUT2D eigenvalue weighted by Crippen LogP contribution is 2.42. The van der Waals surface area contributed by atoms with Crippen LogP contribution in [0.5, 0.6) is 0 Å². The maximum Gasteiger partial charge on any atom is 0.324 e. The summed E-state index contributed by atoms with van der Waals surface area (Å²) in [7, 11) is 7.05. The predicted molar refractivity (Wildman–Crippen MR) is 266 cm³/mol. The molecule has 15 heteroatoms. The SMILES string of the molecule is CCn1c(-c2cccnc2[C@H](C)OC)c2c3cc(ccc31)-c1cccc(c1)C[C@H](NC(=O)[C@H](C(C)C)N(C)C(=O)[C@H]1CCN(C(=O)C#CCN(C)C)C1)C(=O)N1CCC[C@H](N1)C(=O)OCC(C)(C)C2. The second-order valence-electron chi connectivity index (χ2n) is 20.3. The van der Waals surface area contributed by atoms with Crippen molar-refractivity contribution in [3.05, 3.63) is 77.6 Å². The van der Waals surface area contributed by atoms with Gasteiger partial charge in [0.05, 0.1) is 36.6 Å². The van der Waals surface area contributed by atoms with E-state index in [0.29, 0.717) is 51.9 Å². The summed E-state index contributed by atoms with van der Waals surface area (Å²) >= 11 is 0. The zero-order valence-corrected chi connectivity index (χ0v) is 42.1. The minimum atomic E-state index is -1.06. The summed E-state index contributed by atoms with van der Waals surface area (Å²) in [5.74, 6) is 2.82. The van der Waals surface area contributed by atoms with Gasteiger partial charge in [-0.15, -0.1) is 0 Å². The van der Waals surface area contributed by atoms with Crippen molar-refractivity contribution in [2.45, 2.75) is 104 Å². The van der Waals surface area contributed by atoms with Crippen molar-refractivity contribution in [2.75, 3.05) is 61.0 Å². The van der Waals surface area contributed by atoms with Gasteiger partial charge in [0.15, 0.2) is 0 Å². The first-order valence-electron chi connectivity index (χ1n) is 24.4. The van der Waals surface area contributed by atoms with Crippen molar-refractivity contribution in [2.24, 2.45) is 17.3 Å². The van der Waals surface area contributed by atoms with Crippen LogP contribution in [0.3, 0.4) is 0 Å². The number of likely N-dealkylation sites (N-methyl/N-ethyl adjacent to an activating group) is 1. The molecule has 368 valence electrons. The first-order chi connectivity index (χ1) is 32.9. The number of hydrogen-bond acceptors (Lipinski definition) is 10. The molecule has 3 aliphatic rings. The van der Waals surface area contributed by atoms with Crippen LogP contribution in [-0.2, 0) is 52.8 Å². The fourth-order valence-corrected chi connectivity index (χ4v) is 10.1. The smallest absolute Gasteiger partial charge is 0.324 e. The maximum absolute atomic E-state index is 14.8. The third-order valence-electron chi connectivity index (χ3n) is 13.7. The van der Waals surface area contributed by atoms with Gasteiger partial charge in [0, 0.05) is 74.8 Å². The molecule has 2 aromatic carbocycles. The maximum atomic E-state index is 14.8. The van der Waals surface area contributed by atoms with E-state index in [4.69, 9.17) is 14.5 Å². The Morgan fingerprint density at radius 1 is 1.01 bits per heavy atom. The molecule has 15 nitrogen and oxygen atoms in total. The van der Waals surface area contributed by atoms with E-state index in [0.717, 1.165) is 50.1 Å². The molecule has 5 atom stereocenters. The van der Waals surface area contributed by atoms with Crippen LogP contribution >= 0.6 is 0 Å². The van der Waals surface area contributed by atoms with Crippen molar-refractivity contribution in [3.63, 3.8) is 0 Å². The second kappa shape index (κ2) is 21.7. The summed E-state index contributed by atoms with van der Waals surface area (Å²) in [5.41, 5.74) is 10.5. The van der Waals surface area contributed by atoms with E-state index in [1.54, 1.807) is 25.3 Å². The lowest BCUT2D eigenvalue weighted by atomic mass is 9.84. The monoisotopic (exact) mass is 943 g/mol. The van der Waals surface area contributed by atoms with Crippen LogP contribution < -0.4 is 10.7 Å². The summed E-state index contributed by atoms with van der Waals surface area (Å²) in [6.45, 7) is 14.3. The number of nitrogens with one attached hydrogen (secondary N) is 2. The van der Waals surface area contributed by atoms with Gasteiger partial charge in [0.1, 0.15) is 18.1 Å². The Balaban J connectivity index is 1.24. The fraction of sp³-hybridized carbons (Fsp3) is 0.519. The summed E-state index contributed by atoms with van der Waals surface area (Å²) in [4.78, 5) is 80.0. The normalized spacial score (nSPS) is 20.5. The average Bonchev–Trinajstić information content (AvgIpc) is 3.95. The van der Waals surface area contributed by atoms with E-state index in [9.17, 15) is 24.0 Å². The number of ether oxygens (including phenoxy) is 2. The minimum absolute atomic E-state index is 0.133. The standard InChI is InChI=1S/C54H70N8O7/c1-11-61-45-22-21-38-30-41(45)42(49(61)40-18-13-24-55-47(40)35(4)68-10)31-54(5,6)33-69-53(67)43-19-14-26-62(57-43)52(66)44(29-36-16-12-17-37(38)28-36)56-50(64)48(34(2)3)59(9)51(65)39-23-27-60(32-39)46(63)20-15-25-58(7)8/h12-13,16-18,21-22,24,28,30,34-35,39,43-44,48,57H,11,14,19,23,25-27,29,31-33H2,1-10H3,(H,56,64)/t35-,39-,43-,44-,48-/m0/s1. The molecule has 0 unspecified atom stereocenters. The van der Waals surface area contributed by atoms with Crippen molar-refractivity contribution in [1.82, 2.24) is 40.0 Å². The first-order valence-corrected chi connectivity index (χ1v) is 24.4. The number of hydrogen-bond donors (Lipinski definition) is 2. The van der Waals surface area contributed by atoms with Crippen LogP contribution in [0.4, 0.5) is 0 Å². The number of methoxy groups -OCH3 is 1. The summed E-state index contributed by atoms with van der Waals surface area (Å²) in [5, 5.41) is 5.59. The van der Waals surface area contributed by atoms with E-state index in [1.807, 2.05) is 58.0 Å². The number of benzene rings is 2. The highest BCUT2D eigenvalue weighted by atomic mass is 16.5. The molecule has 5 heterocycles. The molecule has 69 heavy (non-hydrogen) atoms. The molecule has 2 aromatic heterocycles. The largest absolute Gasteiger partial charge is 0.464 e. The van der Waals surface area contributed by atoms with Crippen molar-refractivity contribution < 1.29 is 33.4 Å². The molecule has 0 aliphatic carbocycles. The van der Waals surface area contributed by atoms with Gasteiger partial charge in [-0.1, -0.05) is 63.9 Å². The van der Waals surface area contributed by atoms with E-state index >= 15 is 0 Å². The fourth-order valence-electron chi connectivity index (χ4n) is 10.1. The Morgan fingerprint density at radius 2 is 1.78 bits per heavy atom. The minimum Gasteiger partial charge on any atom is -0.464 e. The lowest BCUT2D eigenvalue weighted by Crippen LogP contribution is -2.62. The molecule has 2 fully saturated rings. The molecule has 4 amide bonds. The van der Waals surface area contributed by atoms with Gasteiger partial charge in [0.2, 0.25) is 11.8 Å². The van der Waals surface area contributed by atoms with Gasteiger partial charge in [-0.2, -0.15) is 0 Å². The second-order valence-corrected chi connectivity index (χ2v) is 20.3. The molecular weight excluding hydrogens is 873 g/mol. The van der Waals surface area contributed by atoms with Crippen LogP contribution in [0.15, 0.2) is 60.8 Å². The Kier molecular flexibility index (Phi) is 16.0. The van der Waals surface area contributed by atoms with Crippen molar-refractivity contribution >= 4 is 40.5 Å². The number of carbonyl (C=O) groups is 5. The number of aryl methyl sites for hydroxylation is 1. The molecule has 3 aliphatic heterocycles. The predicted octanol–water partition coefficient (Wildman–Crippen LogP) is 5.64. The molecule has 0 radical (unpaired) electrons. The molecule has 0 spiro atoms. The summed E-state index contributed by atoms with van der Waals surface area (Å²) < 4.78 is 14.3. The molecule has 0 saturated carbocycles. The van der Waals surface area contributed by atoms with Gasteiger partial charge in [0.25, 0.3) is 11.8 Å². The third-order valence-corrected chi connectivity index (χ3v) is 13.7. The lowest BCUT2D eigenvalue weighted by molar-refractivity contribution is -0.155. The van der Waals surface area contributed by atoms with Crippen LogP contribution in [0, 0.1) is 29.1 Å². The van der Waals surface area contributed by atoms with Crippen LogP contribution in [0.1, 0.15) is 83.7 Å². The number of likely N-dealkylation sites (tertiary alicyclic amines) is 1. The third kappa shape index (κ3) is 11.4. The zero-order chi connectivity index (χ0) is 49.7. The molecule has 6 bridgehead atoms. The molecule has 2 saturated heterocycles. The molecule has 7 rings (SSSR count). The number of aromatic nitrogens is 2. The summed E-state index contributed by atoms with van der Waals surface area (Å²) in [6.07, 6.45) is 3.73. The topological polar surface area (TPSA) is 159 Å². The van der Waals surface area contributed by atoms with E-state index in [2.05, 4.69) is 84.3 Å². The number of fused-ring (bicyclic) bond motifs is 6. The van der Waals surface area contributed by atoms with Gasteiger partial charge in [-0.3, -0.25) is 38.9 Å². The first kappa shape index (κ1) is 50.8. The van der Waals surface area contributed by atoms with Gasteiger partial charge in [-0.05, 0) is 112 Å². The highest BCUT2D eigenvalue weighted by Gasteiger charge is 2.40. The molecule has 4 aromatic rings. The van der Waals surface area contributed by atoms with Gasteiger partial charge in [-0.25, -0.2) is 5.43 Å². The van der Waals surface area contributed by atoms with Crippen LogP contribution in [-0.4, -0.2) is 138 Å². The van der Waals surface area contributed by atoms with E-state index in [1.165, 1.54) is 9.91 Å². The Labute approximate surface area is 407 Å². The number of carbonyl (C=O) groups excluding carboxylic acids is 5. The van der Waals surface area contributed by atoms with Crippen molar-refractivity contribution in [3.8, 4) is 34.2 Å². The number of rotatable bonds is 10. The highest BCUT2D eigenvalue weighted by molar-refractivity contribution is 5.97. The number of amides is 4. The van der Waals surface area contributed by atoms with Crippen LogP contribution in [0.25, 0.3) is 33.3 Å². The molecule has 2 N–H and O–H groups in total. The van der Waals surface area contributed by atoms with Gasteiger partial charge >= 0.3 is 5.97 Å². The zero-order valence-electron chi connectivity index (χ0n) is 42.1. The quantitative estimate of drug-likeness (QED) is 0.151. The van der Waals surface area contributed by atoms with E-state index in [-0.39, 0.29) is 43.4 Å². The van der Waals surface area contributed by atoms with E-state index < -0.39 is 47.2 Å². The number of esters is 1. The Morgan fingerprint density at radius 3 is 2.51 bits per heavy atom. The number of pyridine rings is 1. The number of nitrogens with zero attached hydrogens (tertiary/aromatic N) is 6. The summed E-state index contributed by atoms with van der Waals surface area (Å²) in [6, 6.07) is 15.8. The van der Waals surface area contributed by atoms with Crippen molar-refractivity contribution in [1.29, 1.82) is 0 Å². The lowest BCUT2D eigenvalue weighted by Gasteiger charge is -2.37.